The van der Waals surface area contributed by atoms with Crippen molar-refractivity contribution in [3.8, 4) is 0 Å². The van der Waals surface area contributed by atoms with E-state index in [1.54, 1.807) is 24.3 Å². The molecule has 1 atom stereocenters. The third-order valence-corrected chi connectivity index (χ3v) is 4.51. The molecule has 0 N–H and O–H groups in total. The first-order valence-electron chi connectivity index (χ1n) is 7.28. The van der Waals surface area contributed by atoms with Crippen molar-refractivity contribution in [3.05, 3.63) is 52.6 Å². The fourth-order valence-corrected chi connectivity index (χ4v) is 3.09. The van der Waals surface area contributed by atoms with Gasteiger partial charge in [0.25, 0.3) is 5.82 Å². The molecule has 0 saturated carbocycles. The quantitative estimate of drug-likeness (QED) is 0.570. The van der Waals surface area contributed by atoms with Crippen LogP contribution in [0.5, 0.6) is 0 Å². The number of aromatic nitrogens is 2. The first-order chi connectivity index (χ1) is 9.99. The molecular formula is C17H19BrN2O2. The summed E-state index contributed by atoms with van der Waals surface area (Å²) < 4.78 is 3.85. The first kappa shape index (κ1) is 16.6. The van der Waals surface area contributed by atoms with Gasteiger partial charge >= 0.3 is 0 Å². The zero-order chi connectivity index (χ0) is 15.3. The normalized spacial score (nSPS) is 14.2. The van der Waals surface area contributed by atoms with Gasteiger partial charge in [-0.1, -0.05) is 31.2 Å². The molecule has 1 unspecified atom stereocenters. The number of nitrogens with zero attached hydrogens (tertiary/aromatic N) is 2. The van der Waals surface area contributed by atoms with E-state index in [4.69, 9.17) is 0 Å². The number of carbonyl (C=O) groups is 2. The molecule has 1 aliphatic rings. The third-order valence-electron chi connectivity index (χ3n) is 4.51. The van der Waals surface area contributed by atoms with Crippen LogP contribution in [0.15, 0.2) is 24.3 Å². The van der Waals surface area contributed by atoms with E-state index < -0.39 is 0 Å². The lowest BCUT2D eigenvalue weighted by molar-refractivity contribution is -0.679. The number of hydrogen-bond donors (Lipinski definition) is 0. The number of carbonyl (C=O) groups excluding carboxylic acids is 2. The van der Waals surface area contributed by atoms with Crippen molar-refractivity contribution in [2.24, 2.45) is 7.05 Å². The molecule has 4 nitrogen and oxygen atoms in total. The van der Waals surface area contributed by atoms with Gasteiger partial charge in [-0.05, 0) is 13.3 Å². The molecule has 2 aromatic rings. The van der Waals surface area contributed by atoms with Crippen LogP contribution in [0.2, 0.25) is 0 Å². The van der Waals surface area contributed by atoms with Crippen molar-refractivity contribution in [2.45, 2.75) is 33.2 Å². The highest BCUT2D eigenvalue weighted by Gasteiger charge is 2.42. The SMILES string of the molecule is CCC(C)n1c2c([n+](C)c1C)C(=O)c1ccccc1C2=O.[Br-]. The molecule has 0 fully saturated rings. The molecule has 1 aliphatic carbocycles. The number of halogens is 1. The molecule has 22 heavy (non-hydrogen) atoms. The van der Waals surface area contributed by atoms with Crippen LogP contribution in [-0.2, 0) is 7.05 Å². The van der Waals surface area contributed by atoms with Gasteiger partial charge < -0.3 is 17.0 Å². The van der Waals surface area contributed by atoms with Crippen LogP contribution in [-0.4, -0.2) is 16.1 Å². The lowest BCUT2D eigenvalue weighted by atomic mass is 9.89. The molecular weight excluding hydrogens is 344 g/mol. The predicted molar refractivity (Wildman–Crippen MR) is 78.7 cm³/mol. The first-order valence-corrected chi connectivity index (χ1v) is 7.28. The van der Waals surface area contributed by atoms with Gasteiger partial charge in [0.05, 0.1) is 13.1 Å². The maximum Gasteiger partial charge on any atom is 0.254 e. The Morgan fingerprint density at radius 2 is 1.68 bits per heavy atom. The second-order valence-corrected chi connectivity index (χ2v) is 5.63. The summed E-state index contributed by atoms with van der Waals surface area (Å²) in [4.78, 5) is 25.6. The molecule has 0 aliphatic heterocycles. The molecule has 0 saturated heterocycles. The minimum Gasteiger partial charge on any atom is -1.00 e. The second kappa shape index (κ2) is 5.80. The van der Waals surface area contributed by atoms with Gasteiger partial charge in [0.1, 0.15) is 0 Å². The average molecular weight is 363 g/mol. The summed E-state index contributed by atoms with van der Waals surface area (Å²) in [5.74, 6) is 0.820. The summed E-state index contributed by atoms with van der Waals surface area (Å²) in [7, 11) is 1.85. The van der Waals surface area contributed by atoms with Crippen molar-refractivity contribution in [2.75, 3.05) is 0 Å². The Balaban J connectivity index is 0.00000176. The van der Waals surface area contributed by atoms with Crippen LogP contribution >= 0.6 is 0 Å². The fraction of sp³-hybridized carbons (Fsp3) is 0.353. The molecule has 0 radical (unpaired) electrons. The van der Waals surface area contributed by atoms with Crippen molar-refractivity contribution in [3.63, 3.8) is 0 Å². The average Bonchev–Trinajstić information content (AvgIpc) is 2.77. The Labute approximate surface area is 140 Å². The van der Waals surface area contributed by atoms with Gasteiger partial charge in [-0.2, -0.15) is 0 Å². The van der Waals surface area contributed by atoms with Gasteiger partial charge in [0.15, 0.2) is 0 Å². The van der Waals surface area contributed by atoms with Crippen molar-refractivity contribution in [1.29, 1.82) is 0 Å². The van der Waals surface area contributed by atoms with Gasteiger partial charge in [0, 0.05) is 18.1 Å². The number of benzene rings is 1. The Kier molecular flexibility index (Phi) is 4.38. The maximum absolute atomic E-state index is 12.9. The minimum absolute atomic E-state index is 0. The van der Waals surface area contributed by atoms with Crippen molar-refractivity contribution >= 4 is 11.6 Å². The number of rotatable bonds is 2. The monoisotopic (exact) mass is 362 g/mol. The highest BCUT2D eigenvalue weighted by atomic mass is 79.9. The summed E-state index contributed by atoms with van der Waals surface area (Å²) in [5.41, 5.74) is 2.06. The van der Waals surface area contributed by atoms with E-state index in [9.17, 15) is 9.59 Å². The summed E-state index contributed by atoms with van der Waals surface area (Å²) in [5, 5.41) is 0. The molecule has 0 bridgehead atoms. The maximum atomic E-state index is 12.9. The Bertz CT molecular complexity index is 777. The van der Waals surface area contributed by atoms with E-state index in [-0.39, 0.29) is 34.6 Å². The molecule has 0 amide bonds. The van der Waals surface area contributed by atoms with Crippen LogP contribution in [0.3, 0.4) is 0 Å². The summed E-state index contributed by atoms with van der Waals surface area (Å²) in [6.45, 7) is 6.11. The number of fused-ring (bicyclic) bond motifs is 2. The number of imidazole rings is 1. The zero-order valence-electron chi connectivity index (χ0n) is 13.2. The van der Waals surface area contributed by atoms with Crippen LogP contribution in [0.4, 0.5) is 0 Å². The molecule has 1 aromatic carbocycles. The molecule has 1 heterocycles. The highest BCUT2D eigenvalue weighted by Crippen LogP contribution is 2.29. The highest BCUT2D eigenvalue weighted by molar-refractivity contribution is 6.26. The molecule has 5 heteroatoms. The number of hydrogen-bond acceptors (Lipinski definition) is 2. The van der Waals surface area contributed by atoms with Crippen LogP contribution in [0, 0.1) is 6.92 Å². The van der Waals surface area contributed by atoms with E-state index >= 15 is 0 Å². The molecule has 1 aromatic heterocycles. The standard InChI is InChI=1S/C17H19N2O2.BrH/c1-5-10(2)19-11(3)18(4)14-15(19)17(21)13-9-7-6-8-12(13)16(14)20;/h6-10H,5H2,1-4H3;1H/q+1;/p-1. The van der Waals surface area contributed by atoms with Gasteiger partial charge in [0.2, 0.25) is 23.0 Å². The van der Waals surface area contributed by atoms with Crippen LogP contribution < -0.4 is 21.5 Å². The largest absolute Gasteiger partial charge is 1.00 e. The molecule has 3 rings (SSSR count). The second-order valence-electron chi connectivity index (χ2n) is 5.63. The van der Waals surface area contributed by atoms with Crippen LogP contribution in [0.1, 0.15) is 64.2 Å². The van der Waals surface area contributed by atoms with Gasteiger partial charge in [-0.15, -0.1) is 0 Å². The number of ketones is 2. The topological polar surface area (TPSA) is 43.0 Å². The van der Waals surface area contributed by atoms with E-state index in [0.29, 0.717) is 22.5 Å². The van der Waals surface area contributed by atoms with E-state index in [0.717, 1.165) is 12.2 Å². The van der Waals surface area contributed by atoms with E-state index in [2.05, 4.69) is 13.8 Å². The van der Waals surface area contributed by atoms with E-state index in [1.807, 2.05) is 23.1 Å². The third kappa shape index (κ3) is 2.07. The fourth-order valence-electron chi connectivity index (χ4n) is 3.09. The minimum atomic E-state index is -0.0622. The van der Waals surface area contributed by atoms with Gasteiger partial charge in [-0.25, -0.2) is 9.13 Å². The van der Waals surface area contributed by atoms with Gasteiger partial charge in [-0.3, -0.25) is 9.59 Å². The Hall–Kier alpha value is -1.75. The lowest BCUT2D eigenvalue weighted by Crippen LogP contribution is -3.00. The summed E-state index contributed by atoms with van der Waals surface area (Å²) in [6.07, 6.45) is 0.908. The smallest absolute Gasteiger partial charge is 0.254 e. The Morgan fingerprint density at radius 3 is 2.23 bits per heavy atom. The predicted octanol–water partition coefficient (Wildman–Crippen LogP) is -0.629. The molecule has 0 spiro atoms. The van der Waals surface area contributed by atoms with Crippen molar-refractivity contribution < 1.29 is 31.1 Å². The lowest BCUT2D eigenvalue weighted by Gasteiger charge is -2.14. The van der Waals surface area contributed by atoms with Crippen LogP contribution in [0.25, 0.3) is 0 Å². The zero-order valence-corrected chi connectivity index (χ0v) is 14.8. The van der Waals surface area contributed by atoms with E-state index in [1.165, 1.54) is 0 Å². The summed E-state index contributed by atoms with van der Waals surface area (Å²) >= 11 is 0. The Morgan fingerprint density at radius 1 is 1.14 bits per heavy atom. The molecule has 116 valence electrons. The summed E-state index contributed by atoms with van der Waals surface area (Å²) in [6, 6.07) is 7.25. The van der Waals surface area contributed by atoms with Crippen molar-refractivity contribution in [1.82, 2.24) is 4.57 Å².